The van der Waals surface area contributed by atoms with E-state index >= 15 is 0 Å². The van der Waals surface area contributed by atoms with E-state index in [0.29, 0.717) is 40.6 Å². The van der Waals surface area contributed by atoms with Crippen molar-refractivity contribution in [3.63, 3.8) is 0 Å². The number of rotatable bonds is 12. The summed E-state index contributed by atoms with van der Waals surface area (Å²) in [5, 5.41) is 58.0. The van der Waals surface area contributed by atoms with Crippen molar-refractivity contribution in [1.82, 2.24) is 9.13 Å². The topological polar surface area (TPSA) is 200 Å². The molecule has 0 aliphatic rings. The first-order valence-electron chi connectivity index (χ1n) is 17.3. The molecule has 0 amide bonds. The van der Waals surface area contributed by atoms with Gasteiger partial charge in [0, 0.05) is 46.3 Å². The molecule has 0 aliphatic heterocycles. The van der Waals surface area contributed by atoms with Gasteiger partial charge in [-0.25, -0.2) is 9.59 Å². The van der Waals surface area contributed by atoms with Crippen molar-refractivity contribution >= 4 is 45.7 Å². The molecule has 0 atom stereocenters. The molecule has 12 nitrogen and oxygen atoms in total. The van der Waals surface area contributed by atoms with Gasteiger partial charge in [0.1, 0.15) is 11.5 Å². The lowest BCUT2D eigenvalue weighted by Crippen LogP contribution is -2.09. The normalized spacial score (nSPS) is 11.2. The van der Waals surface area contributed by atoms with Gasteiger partial charge < -0.3 is 39.8 Å². The zero-order valence-electron chi connectivity index (χ0n) is 30.3. The molecule has 0 aliphatic carbocycles. The molecule has 0 bridgehead atoms. The van der Waals surface area contributed by atoms with Gasteiger partial charge in [0.15, 0.2) is 0 Å². The Morgan fingerprint density at radius 2 is 1.06 bits per heavy atom. The minimum Gasteiger partial charge on any atom is -0.508 e. The molecular weight excluding hydrogens is 692 g/mol. The fourth-order valence-corrected chi connectivity index (χ4v) is 7.15. The molecule has 280 valence electrons. The van der Waals surface area contributed by atoms with Crippen LogP contribution in [-0.2, 0) is 35.5 Å². The quantitative estimate of drug-likeness (QED) is 0.0724. The first-order valence-corrected chi connectivity index (χ1v) is 17.3. The van der Waals surface area contributed by atoms with Crippen LogP contribution in [0.4, 0.5) is 0 Å². The summed E-state index contributed by atoms with van der Waals surface area (Å²) in [6, 6.07) is 23.3. The highest BCUT2D eigenvalue weighted by molar-refractivity contribution is 6.06. The number of hydrogen-bond donors (Lipinski definition) is 6. The number of carbonyl (C=O) groups is 4. The van der Waals surface area contributed by atoms with Crippen molar-refractivity contribution in [2.75, 3.05) is 0 Å². The molecule has 0 saturated carbocycles. The van der Waals surface area contributed by atoms with Crippen LogP contribution in [0.3, 0.4) is 0 Å². The molecule has 2 heterocycles. The number of carboxylic acid groups (broad SMARTS) is 4. The summed E-state index contributed by atoms with van der Waals surface area (Å²) in [5.41, 5.74) is 6.46. The van der Waals surface area contributed by atoms with E-state index in [1.807, 2.05) is 42.9 Å². The second-order valence-electron chi connectivity index (χ2n) is 13.7. The Labute approximate surface area is 310 Å². The molecule has 2 aromatic heterocycles. The van der Waals surface area contributed by atoms with E-state index in [9.17, 15) is 49.8 Å². The molecule has 54 heavy (non-hydrogen) atoms. The molecule has 6 aromatic rings. The van der Waals surface area contributed by atoms with Crippen LogP contribution in [0.1, 0.15) is 93.9 Å². The lowest BCUT2D eigenvalue weighted by Gasteiger charge is -2.15. The maximum absolute atomic E-state index is 11.8. The van der Waals surface area contributed by atoms with Crippen LogP contribution in [0.5, 0.6) is 11.5 Å². The maximum Gasteiger partial charge on any atom is 0.336 e. The number of aliphatic carboxylic acids is 2. The number of phenolic OH excluding ortho intramolecular Hbond substituents is 2. The lowest BCUT2D eigenvalue weighted by atomic mass is 9.98. The third-order valence-electron chi connectivity index (χ3n) is 9.23. The van der Waals surface area contributed by atoms with Gasteiger partial charge in [-0.05, 0) is 82.6 Å². The number of aromatic carboxylic acids is 2. The number of fused-ring (bicyclic) bond motifs is 2. The minimum atomic E-state index is -1.08. The Hall–Kier alpha value is -6.56. The van der Waals surface area contributed by atoms with Crippen molar-refractivity contribution in [2.45, 2.75) is 65.5 Å². The van der Waals surface area contributed by atoms with E-state index in [1.54, 1.807) is 66.7 Å². The number of aromatic nitrogens is 2. The van der Waals surface area contributed by atoms with E-state index in [1.165, 1.54) is 12.1 Å². The lowest BCUT2D eigenvalue weighted by molar-refractivity contribution is -0.137. The molecule has 0 saturated heterocycles. The summed E-state index contributed by atoms with van der Waals surface area (Å²) in [6.45, 7) is 8.82. The van der Waals surface area contributed by atoms with Crippen molar-refractivity contribution < 1.29 is 49.8 Å². The number of phenols is 2. The summed E-state index contributed by atoms with van der Waals surface area (Å²) in [4.78, 5) is 46.1. The SMILES string of the molecule is CC(C)c1c(CC(=O)O)c2c(C(=O)O)cccc2n1Cc1ccc(O)cc1.CC(C)c1c(CC(=O)O)c2ccc(C(=O)O)cc2n1Cc1ccc(O)cc1. The van der Waals surface area contributed by atoms with Gasteiger partial charge in [-0.2, -0.15) is 0 Å². The Bertz CT molecular complexity index is 2320. The van der Waals surface area contributed by atoms with Gasteiger partial charge >= 0.3 is 23.9 Å². The third kappa shape index (κ3) is 8.23. The molecule has 0 unspecified atom stereocenters. The first kappa shape index (κ1) is 38.7. The molecular formula is C42H42N2O10. The van der Waals surface area contributed by atoms with Crippen LogP contribution in [0, 0.1) is 0 Å². The Morgan fingerprint density at radius 3 is 1.52 bits per heavy atom. The highest BCUT2D eigenvalue weighted by Gasteiger charge is 2.26. The summed E-state index contributed by atoms with van der Waals surface area (Å²) in [7, 11) is 0. The third-order valence-corrected chi connectivity index (χ3v) is 9.23. The van der Waals surface area contributed by atoms with Gasteiger partial charge in [0.25, 0.3) is 0 Å². The van der Waals surface area contributed by atoms with Crippen LogP contribution < -0.4 is 0 Å². The number of benzene rings is 4. The van der Waals surface area contributed by atoms with Crippen LogP contribution in [0.2, 0.25) is 0 Å². The van der Waals surface area contributed by atoms with E-state index in [4.69, 9.17) is 0 Å². The molecule has 4 aromatic carbocycles. The Balaban J connectivity index is 0.000000208. The smallest absolute Gasteiger partial charge is 0.336 e. The second kappa shape index (κ2) is 16.0. The average Bonchev–Trinajstić information content (AvgIpc) is 3.57. The van der Waals surface area contributed by atoms with Crippen molar-refractivity contribution in [1.29, 1.82) is 0 Å². The second-order valence-corrected chi connectivity index (χ2v) is 13.7. The molecule has 12 heteroatoms. The summed E-state index contributed by atoms with van der Waals surface area (Å²) in [5.74, 6) is -3.64. The maximum atomic E-state index is 11.8. The highest BCUT2D eigenvalue weighted by atomic mass is 16.4. The number of aromatic hydroxyl groups is 2. The van der Waals surface area contributed by atoms with Gasteiger partial charge in [-0.1, -0.05) is 64.1 Å². The zero-order chi connectivity index (χ0) is 39.4. The van der Waals surface area contributed by atoms with Gasteiger partial charge in [-0.15, -0.1) is 0 Å². The van der Waals surface area contributed by atoms with Gasteiger partial charge in [0.05, 0.1) is 24.0 Å². The molecule has 0 spiro atoms. The van der Waals surface area contributed by atoms with Gasteiger partial charge in [-0.3, -0.25) is 9.59 Å². The molecule has 6 N–H and O–H groups in total. The predicted molar refractivity (Wildman–Crippen MR) is 203 cm³/mol. The molecule has 0 fully saturated rings. The number of hydrogen-bond acceptors (Lipinski definition) is 6. The number of nitrogens with zero attached hydrogens (tertiary/aromatic N) is 2. The van der Waals surface area contributed by atoms with Crippen LogP contribution >= 0.6 is 0 Å². The van der Waals surface area contributed by atoms with E-state index < -0.39 is 23.9 Å². The number of carboxylic acids is 4. The van der Waals surface area contributed by atoms with E-state index in [0.717, 1.165) is 27.9 Å². The molecule has 6 rings (SSSR count). The van der Waals surface area contributed by atoms with Crippen molar-refractivity contribution in [3.05, 3.63) is 130 Å². The van der Waals surface area contributed by atoms with Crippen LogP contribution in [0.15, 0.2) is 84.9 Å². The first-order chi connectivity index (χ1) is 25.6. The van der Waals surface area contributed by atoms with Crippen molar-refractivity contribution in [2.24, 2.45) is 0 Å². The fourth-order valence-electron chi connectivity index (χ4n) is 7.15. The summed E-state index contributed by atoms with van der Waals surface area (Å²) in [6.07, 6.45) is -0.365. The predicted octanol–water partition coefficient (Wildman–Crippen LogP) is 7.69. The zero-order valence-corrected chi connectivity index (χ0v) is 30.3. The summed E-state index contributed by atoms with van der Waals surface area (Å²) < 4.78 is 3.97. The van der Waals surface area contributed by atoms with E-state index in [2.05, 4.69) is 0 Å². The van der Waals surface area contributed by atoms with Crippen LogP contribution in [-0.4, -0.2) is 63.7 Å². The largest absolute Gasteiger partial charge is 0.508 e. The van der Waals surface area contributed by atoms with E-state index in [-0.39, 0.29) is 47.3 Å². The monoisotopic (exact) mass is 734 g/mol. The van der Waals surface area contributed by atoms with Crippen LogP contribution in [0.25, 0.3) is 21.8 Å². The fraction of sp³-hybridized carbons (Fsp3) is 0.238. The highest BCUT2D eigenvalue weighted by Crippen LogP contribution is 2.36. The average molecular weight is 735 g/mol. The van der Waals surface area contributed by atoms with Crippen molar-refractivity contribution in [3.8, 4) is 11.5 Å². The Kier molecular flexibility index (Phi) is 11.4. The van der Waals surface area contributed by atoms with Gasteiger partial charge in [0.2, 0.25) is 0 Å². The minimum absolute atomic E-state index is 0.00510. The summed E-state index contributed by atoms with van der Waals surface area (Å²) >= 11 is 0. The Morgan fingerprint density at radius 1 is 0.574 bits per heavy atom. The standard InChI is InChI=1S/2C21H21NO5/c1-12(2)20-17(10-19(24)25)16-8-5-14(21(26)27)9-18(16)22(20)11-13-3-6-15(23)7-4-13;1-12(2)20-16(10-18(24)25)19-15(21(26)27)4-3-5-17(19)22(20)11-13-6-8-14(23)9-7-13/h2*3-9,12,23H,10-11H2,1-2H3,(H,24,25)(H,26,27). The molecule has 0 radical (unpaired) electrons.